The van der Waals surface area contributed by atoms with Crippen LogP contribution in [-0.2, 0) is 19.2 Å². The lowest BCUT2D eigenvalue weighted by atomic mass is 9.83. The molecule has 3 aliphatic rings. The number of aliphatic hydroxyl groups is 2. The monoisotopic (exact) mass is 340 g/mol. The summed E-state index contributed by atoms with van der Waals surface area (Å²) < 4.78 is 0. The molecule has 2 aliphatic heterocycles. The molecule has 4 atom stereocenters. The van der Waals surface area contributed by atoms with Gasteiger partial charge in [-0.1, -0.05) is 0 Å². The predicted molar refractivity (Wildman–Crippen MR) is 78.3 cm³/mol. The molecule has 1 aliphatic carbocycles. The average Bonchev–Trinajstić information content (AvgIpc) is 2.47. The minimum absolute atomic E-state index is 0.0102. The van der Waals surface area contributed by atoms with E-state index in [-0.39, 0.29) is 39.0 Å². The number of hydrogen-bond donors (Lipinski definition) is 4. The number of carbonyl (C=O) groups excluding carboxylic acids is 4. The zero-order chi connectivity index (χ0) is 17.4. The lowest BCUT2D eigenvalue weighted by molar-refractivity contribution is -0.146. The summed E-state index contributed by atoms with van der Waals surface area (Å²) in [6.45, 7) is -0.0409. The van der Waals surface area contributed by atoms with Crippen molar-refractivity contribution in [3.8, 4) is 0 Å². The number of nitrogens with one attached hydrogen (secondary N) is 2. The van der Waals surface area contributed by atoms with Gasteiger partial charge >= 0.3 is 0 Å². The fraction of sp³-hybridized carbons (Fsp3) is 0.714. The number of aliphatic hydroxyl groups excluding tert-OH is 2. The summed E-state index contributed by atoms with van der Waals surface area (Å²) in [4.78, 5) is 49.8. The number of hydrogen-bond acceptors (Lipinski definition) is 8. The Morgan fingerprint density at radius 3 is 1.25 bits per heavy atom. The molecule has 10 heteroatoms. The maximum Gasteiger partial charge on any atom is 0.240 e. The predicted octanol–water partition coefficient (Wildman–Crippen LogP) is -3.84. The highest BCUT2D eigenvalue weighted by Crippen LogP contribution is 2.29. The molecule has 0 radical (unpaired) electrons. The van der Waals surface area contributed by atoms with Crippen molar-refractivity contribution in [2.24, 2.45) is 0 Å². The van der Waals surface area contributed by atoms with Crippen LogP contribution in [0.1, 0.15) is 12.8 Å². The molecule has 0 unspecified atom stereocenters. The Bertz CT molecular complexity index is 500. The highest BCUT2D eigenvalue weighted by Gasteiger charge is 2.44. The first-order chi connectivity index (χ1) is 11.3. The number of carbonyl (C=O) groups is 4. The van der Waals surface area contributed by atoms with E-state index >= 15 is 0 Å². The van der Waals surface area contributed by atoms with E-state index in [4.69, 9.17) is 0 Å². The van der Waals surface area contributed by atoms with Gasteiger partial charge in [0.1, 0.15) is 0 Å². The smallest absolute Gasteiger partial charge is 0.240 e. The summed E-state index contributed by atoms with van der Waals surface area (Å²) in [6, 6.07) is -0.839. The normalized spacial score (nSPS) is 36.4. The van der Waals surface area contributed by atoms with Gasteiger partial charge in [-0.05, 0) is 12.8 Å². The van der Waals surface area contributed by atoms with E-state index in [1.807, 2.05) is 0 Å². The van der Waals surface area contributed by atoms with Gasteiger partial charge in [0.15, 0.2) is 0 Å². The molecule has 4 N–H and O–H groups in total. The van der Waals surface area contributed by atoms with Gasteiger partial charge in [0, 0.05) is 12.1 Å². The van der Waals surface area contributed by atoms with Crippen LogP contribution < -0.4 is 10.6 Å². The van der Waals surface area contributed by atoms with Crippen molar-refractivity contribution in [2.45, 2.75) is 37.1 Å². The Morgan fingerprint density at radius 1 is 0.667 bits per heavy atom. The third-order valence-electron chi connectivity index (χ3n) is 4.74. The zero-order valence-corrected chi connectivity index (χ0v) is 13.0. The molecule has 0 spiro atoms. The van der Waals surface area contributed by atoms with E-state index in [0.29, 0.717) is 0 Å². The summed E-state index contributed by atoms with van der Waals surface area (Å²) in [5, 5.41) is 24.4. The van der Waals surface area contributed by atoms with Crippen LogP contribution in [0.3, 0.4) is 0 Å². The van der Waals surface area contributed by atoms with Crippen molar-refractivity contribution < 1.29 is 29.4 Å². The van der Waals surface area contributed by atoms with Gasteiger partial charge in [0.05, 0.1) is 38.4 Å². The first kappa shape index (κ1) is 17.0. The van der Waals surface area contributed by atoms with Crippen LogP contribution >= 0.6 is 0 Å². The fourth-order valence-corrected chi connectivity index (χ4v) is 3.70. The molecular formula is C14H20N4O6. The molecule has 2 heterocycles. The summed E-state index contributed by atoms with van der Waals surface area (Å²) >= 11 is 0. The second-order valence-electron chi connectivity index (χ2n) is 6.49. The third kappa shape index (κ3) is 3.46. The fourth-order valence-electron chi connectivity index (χ4n) is 3.70. The number of nitrogens with zero attached hydrogens (tertiary/aromatic N) is 2. The van der Waals surface area contributed by atoms with E-state index in [0.717, 1.165) is 0 Å². The van der Waals surface area contributed by atoms with Crippen LogP contribution in [0, 0.1) is 0 Å². The Hall–Kier alpha value is -1.88. The van der Waals surface area contributed by atoms with E-state index in [9.17, 15) is 29.4 Å². The van der Waals surface area contributed by atoms with Crippen molar-refractivity contribution in [1.29, 1.82) is 0 Å². The molecule has 0 aromatic rings. The maximum absolute atomic E-state index is 11.6. The summed E-state index contributed by atoms with van der Waals surface area (Å²) in [5.74, 6) is -1.73. The van der Waals surface area contributed by atoms with Gasteiger partial charge in [0.2, 0.25) is 23.6 Å². The SMILES string of the molecule is O=C1CN([C@@H]2C[C@@H](O)[C@@H](O)C[C@@H]2N2CC(=O)NC(=O)C2)CC(=O)N1. The minimum Gasteiger partial charge on any atom is -0.390 e. The Morgan fingerprint density at radius 2 is 0.958 bits per heavy atom. The second-order valence-corrected chi connectivity index (χ2v) is 6.49. The van der Waals surface area contributed by atoms with Crippen molar-refractivity contribution >= 4 is 23.6 Å². The molecule has 24 heavy (non-hydrogen) atoms. The number of rotatable bonds is 2. The van der Waals surface area contributed by atoms with Gasteiger partial charge in [-0.2, -0.15) is 0 Å². The Kier molecular flexibility index (Phi) is 4.63. The summed E-state index contributed by atoms with van der Waals surface area (Å²) in [5.41, 5.74) is 0. The Balaban J connectivity index is 1.82. The molecule has 10 nitrogen and oxygen atoms in total. The van der Waals surface area contributed by atoms with Gasteiger partial charge < -0.3 is 10.2 Å². The quantitative estimate of drug-likeness (QED) is 0.375. The van der Waals surface area contributed by atoms with E-state index in [1.165, 1.54) is 0 Å². The van der Waals surface area contributed by atoms with E-state index in [1.54, 1.807) is 9.80 Å². The molecule has 4 amide bonds. The molecule has 0 aromatic heterocycles. The van der Waals surface area contributed by atoms with Gasteiger partial charge in [0.25, 0.3) is 0 Å². The van der Waals surface area contributed by atoms with Crippen LogP contribution in [0.4, 0.5) is 0 Å². The van der Waals surface area contributed by atoms with Gasteiger partial charge in [-0.25, -0.2) is 0 Å². The van der Waals surface area contributed by atoms with Crippen LogP contribution in [0.2, 0.25) is 0 Å². The largest absolute Gasteiger partial charge is 0.390 e. The molecule has 1 saturated carbocycles. The van der Waals surface area contributed by atoms with Crippen LogP contribution in [-0.4, -0.2) is 94.1 Å². The molecule has 0 bridgehead atoms. The lowest BCUT2D eigenvalue weighted by Gasteiger charge is -2.48. The second kappa shape index (κ2) is 6.55. The van der Waals surface area contributed by atoms with Crippen LogP contribution in [0.5, 0.6) is 0 Å². The lowest BCUT2D eigenvalue weighted by Crippen LogP contribution is -2.66. The highest BCUT2D eigenvalue weighted by atomic mass is 16.3. The zero-order valence-electron chi connectivity index (χ0n) is 13.0. The molecule has 132 valence electrons. The molecular weight excluding hydrogens is 320 g/mol. The highest BCUT2D eigenvalue weighted by molar-refractivity contribution is 6.00. The van der Waals surface area contributed by atoms with Crippen molar-refractivity contribution in [2.75, 3.05) is 26.2 Å². The number of piperazine rings is 2. The maximum atomic E-state index is 11.6. The molecule has 3 fully saturated rings. The molecule has 3 rings (SSSR count). The topological polar surface area (TPSA) is 139 Å². The van der Waals surface area contributed by atoms with Crippen LogP contribution in [0.25, 0.3) is 0 Å². The van der Waals surface area contributed by atoms with Crippen LogP contribution in [0.15, 0.2) is 0 Å². The van der Waals surface area contributed by atoms with E-state index in [2.05, 4.69) is 10.6 Å². The number of imide groups is 2. The average molecular weight is 340 g/mol. The van der Waals surface area contributed by atoms with Crippen molar-refractivity contribution in [1.82, 2.24) is 20.4 Å². The van der Waals surface area contributed by atoms with E-state index < -0.39 is 47.9 Å². The standard InChI is InChI=1S/C14H20N4O6/c19-9-1-7(17-3-11(21)15-12(22)4-17)8(2-10(9)20)18-5-13(23)16-14(24)6-18/h7-10,19-20H,1-6H2,(H,15,21,22)(H,16,23,24)/t7-,8+,9-,10+. The first-order valence-corrected chi connectivity index (χ1v) is 7.83. The van der Waals surface area contributed by atoms with Gasteiger partial charge in [-0.3, -0.25) is 39.6 Å². The number of amides is 4. The van der Waals surface area contributed by atoms with Gasteiger partial charge in [-0.15, -0.1) is 0 Å². The molecule has 2 saturated heterocycles. The summed E-state index contributed by atoms with van der Waals surface area (Å²) in [6.07, 6.45) is -1.67. The minimum atomic E-state index is -0.986. The van der Waals surface area contributed by atoms with Crippen molar-refractivity contribution in [3.63, 3.8) is 0 Å². The first-order valence-electron chi connectivity index (χ1n) is 7.83. The van der Waals surface area contributed by atoms with Crippen molar-refractivity contribution in [3.05, 3.63) is 0 Å². The summed E-state index contributed by atoms with van der Waals surface area (Å²) in [7, 11) is 0. The third-order valence-corrected chi connectivity index (χ3v) is 4.74. The molecule has 0 aromatic carbocycles. The Labute approximate surface area is 137 Å².